The average molecular weight is 1220 g/mol. The van der Waals surface area contributed by atoms with Crippen molar-refractivity contribution >= 4 is 99.5 Å². The van der Waals surface area contributed by atoms with Crippen LogP contribution in [0, 0.1) is 0 Å². The third-order valence-corrected chi connectivity index (χ3v) is 13.1. The number of imidazole rings is 4. The average Bonchev–Trinajstić information content (AvgIpc) is 4.51. The number of carbonyl (C=O) groups excluding carboxylic acids is 11. The molecule has 0 atom stereocenters. The Labute approximate surface area is 503 Å². The Balaban J connectivity index is 0.779. The first-order valence-electron chi connectivity index (χ1n) is 27.8. The fourth-order valence-corrected chi connectivity index (χ4v) is 8.75. The lowest BCUT2D eigenvalue weighted by Gasteiger charge is -2.07. The third kappa shape index (κ3) is 17.2. The number of aromatic nitrogens is 11. The van der Waals surface area contributed by atoms with Gasteiger partial charge in [-0.25, -0.2) is 19.9 Å². The Hall–Kier alpha value is -11.2. The zero-order valence-electron chi connectivity index (χ0n) is 49.7. The standard InChI is InChI=1S/C55H70N22O11/c1-9-16-56-41(78)13-18-60-53(86)47-69-40(31-75(47)7)70-51(84)36-23-32(26-73(36)5)62-43(80)14-20-61-52(85)46-67-38(29-74(46)6)65-42(79)12-11-17-58-50(83)37-25-34(28-77(37)10-2)64-55(88)48-68-39(30-76(48)8)66-44(81)15-19-59-49(82)35-24-33(27-72(35)4)63-54(87)45-57-21-22-71(45)3/h21-31H,9-20H2,1-8H3,(H,56,78)(H,58,83)(H,59,82)(H,60,86)(H,61,85)(H,62,80)(H,63,87)(H,64,88)(H,65,79)(H,66,81)(H,70,84). The van der Waals surface area contributed by atoms with Crippen molar-refractivity contribution < 1.29 is 52.7 Å². The van der Waals surface area contributed by atoms with Crippen molar-refractivity contribution in [2.45, 2.75) is 58.9 Å². The van der Waals surface area contributed by atoms with Gasteiger partial charge in [0.2, 0.25) is 41.1 Å². The molecule has 7 heterocycles. The molecule has 11 amide bonds. The number of nitrogens with zero attached hydrogens (tertiary/aromatic N) is 11. The molecule has 11 N–H and O–H groups in total. The molecule has 0 saturated heterocycles. The number of hydrogen-bond acceptors (Lipinski definition) is 15. The summed E-state index contributed by atoms with van der Waals surface area (Å²) in [6.45, 7) is 4.78. The minimum atomic E-state index is -0.626. The molecule has 7 aromatic rings. The minimum absolute atomic E-state index is 0.0130. The largest absolute Gasteiger partial charge is 0.356 e. The summed E-state index contributed by atoms with van der Waals surface area (Å²) in [7, 11) is 9.62. The number of rotatable bonds is 29. The van der Waals surface area contributed by atoms with E-state index in [9.17, 15) is 52.7 Å². The molecule has 0 spiro atoms. The van der Waals surface area contributed by atoms with Gasteiger partial charge < -0.3 is 90.5 Å². The summed E-state index contributed by atoms with van der Waals surface area (Å²) in [5.41, 5.74) is 1.63. The quantitative estimate of drug-likeness (QED) is 0.0294. The molecule has 0 unspecified atom stereocenters. The molecule has 0 radical (unpaired) electrons. The molecule has 33 nitrogen and oxygen atoms in total. The Morgan fingerprint density at radius 1 is 0.375 bits per heavy atom. The zero-order valence-corrected chi connectivity index (χ0v) is 49.7. The fraction of sp³-hybridized carbons (Fsp3) is 0.364. The lowest BCUT2D eigenvalue weighted by molar-refractivity contribution is -0.121. The Kier molecular flexibility index (Phi) is 21.7. The molecule has 466 valence electrons. The van der Waals surface area contributed by atoms with Crippen LogP contribution in [0.25, 0.3) is 0 Å². The van der Waals surface area contributed by atoms with Crippen LogP contribution in [0.4, 0.5) is 34.5 Å². The van der Waals surface area contributed by atoms with E-state index in [1.165, 1.54) is 72.0 Å². The summed E-state index contributed by atoms with van der Waals surface area (Å²) in [5, 5.41) is 29.4. The number of nitrogens with one attached hydrogen (secondary N) is 11. The van der Waals surface area contributed by atoms with Gasteiger partial charge in [0, 0.05) is 157 Å². The van der Waals surface area contributed by atoms with Crippen molar-refractivity contribution in [3.05, 3.63) is 108 Å². The maximum atomic E-state index is 13.3. The van der Waals surface area contributed by atoms with Gasteiger partial charge in [0.25, 0.3) is 41.4 Å². The van der Waals surface area contributed by atoms with Crippen LogP contribution in [0.1, 0.15) is 126 Å². The number of amides is 11. The van der Waals surface area contributed by atoms with E-state index in [0.29, 0.717) is 30.2 Å². The van der Waals surface area contributed by atoms with Crippen LogP contribution in [0.3, 0.4) is 0 Å². The molecule has 33 heteroatoms. The molecule has 0 saturated carbocycles. The minimum Gasteiger partial charge on any atom is -0.356 e. The zero-order chi connectivity index (χ0) is 63.8. The molecule has 0 aliphatic carbocycles. The van der Waals surface area contributed by atoms with Crippen molar-refractivity contribution in [2.75, 3.05) is 64.6 Å². The highest BCUT2D eigenvalue weighted by Gasteiger charge is 2.23. The normalized spacial score (nSPS) is 10.9. The second-order valence-corrected chi connectivity index (χ2v) is 20.1. The van der Waals surface area contributed by atoms with E-state index in [0.717, 1.165) is 6.42 Å². The number of hydrogen-bond donors (Lipinski definition) is 11. The van der Waals surface area contributed by atoms with Crippen LogP contribution in [-0.2, 0) is 68.0 Å². The number of carbonyl (C=O) groups is 11. The molecule has 0 fully saturated rings. The van der Waals surface area contributed by atoms with Crippen molar-refractivity contribution in [1.82, 2.24) is 78.5 Å². The van der Waals surface area contributed by atoms with Crippen molar-refractivity contribution in [1.29, 1.82) is 0 Å². The summed E-state index contributed by atoms with van der Waals surface area (Å²) in [4.78, 5) is 158. The van der Waals surface area contributed by atoms with Crippen LogP contribution >= 0.6 is 0 Å². The molecular formula is C55H70N22O11. The molecule has 0 aliphatic heterocycles. The van der Waals surface area contributed by atoms with Gasteiger partial charge in [-0.3, -0.25) is 52.7 Å². The monoisotopic (exact) mass is 1210 g/mol. The molecule has 0 aromatic carbocycles. The summed E-state index contributed by atoms with van der Waals surface area (Å²) in [5.74, 6) is -4.86. The fourth-order valence-electron chi connectivity index (χ4n) is 8.75. The Morgan fingerprint density at radius 2 is 0.807 bits per heavy atom. The summed E-state index contributed by atoms with van der Waals surface area (Å²) < 4.78 is 10.5. The van der Waals surface area contributed by atoms with Crippen molar-refractivity contribution in [3.8, 4) is 0 Å². The molecular weight excluding hydrogens is 1140 g/mol. The van der Waals surface area contributed by atoms with E-state index in [-0.39, 0.29) is 122 Å². The predicted octanol–water partition coefficient (Wildman–Crippen LogP) is 1.19. The highest BCUT2D eigenvalue weighted by molar-refractivity contribution is 6.06. The predicted molar refractivity (Wildman–Crippen MR) is 319 cm³/mol. The lowest BCUT2D eigenvalue weighted by Crippen LogP contribution is -2.32. The summed E-state index contributed by atoms with van der Waals surface area (Å²) >= 11 is 0. The maximum Gasteiger partial charge on any atom is 0.291 e. The van der Waals surface area contributed by atoms with Gasteiger partial charge in [-0.05, 0) is 38.0 Å². The number of aryl methyl sites for hydroxylation is 7. The lowest BCUT2D eigenvalue weighted by atomic mass is 10.3. The van der Waals surface area contributed by atoms with Crippen LogP contribution in [-0.4, -0.2) is 150 Å². The van der Waals surface area contributed by atoms with Crippen LogP contribution in [0.5, 0.6) is 0 Å². The second-order valence-electron chi connectivity index (χ2n) is 20.1. The first-order chi connectivity index (χ1) is 42.0. The van der Waals surface area contributed by atoms with Gasteiger partial charge in [0.15, 0.2) is 23.3 Å². The van der Waals surface area contributed by atoms with Gasteiger partial charge >= 0.3 is 0 Å². The highest BCUT2D eigenvalue weighted by Crippen LogP contribution is 2.20. The SMILES string of the molecule is CCCNC(=O)CCNC(=O)c1nc(NC(=O)c2cc(NC(=O)CCNC(=O)c3nc(NC(=O)CCCNC(=O)c4cc(NC(=O)c5nc(NC(=O)CCNC(=O)c6cc(NC(=O)c7nccn7C)cn6C)cn5C)cn4CC)cn3C)cn2C)cn1C. The molecule has 7 aromatic heterocycles. The summed E-state index contributed by atoms with van der Waals surface area (Å²) in [6.07, 6.45) is 13.0. The molecule has 0 aliphatic rings. The molecule has 7 rings (SSSR count). The second kappa shape index (κ2) is 29.6. The first kappa shape index (κ1) is 64.4. The van der Waals surface area contributed by atoms with Gasteiger partial charge in [-0.15, -0.1) is 0 Å². The van der Waals surface area contributed by atoms with Gasteiger partial charge in [-0.1, -0.05) is 6.92 Å². The van der Waals surface area contributed by atoms with Crippen molar-refractivity contribution in [3.63, 3.8) is 0 Å². The smallest absolute Gasteiger partial charge is 0.291 e. The van der Waals surface area contributed by atoms with Gasteiger partial charge in [0.05, 0.1) is 17.1 Å². The van der Waals surface area contributed by atoms with Crippen molar-refractivity contribution in [2.24, 2.45) is 42.3 Å². The highest BCUT2D eigenvalue weighted by atomic mass is 16.2. The Morgan fingerprint density at radius 3 is 1.34 bits per heavy atom. The first-order valence-corrected chi connectivity index (χ1v) is 27.8. The number of anilines is 6. The van der Waals surface area contributed by atoms with Gasteiger partial charge in [0.1, 0.15) is 17.1 Å². The maximum absolute atomic E-state index is 13.3. The topological polar surface area (TPSA) is 406 Å². The van der Waals surface area contributed by atoms with Gasteiger partial charge in [-0.2, -0.15) is 0 Å². The molecule has 88 heavy (non-hydrogen) atoms. The van der Waals surface area contributed by atoms with E-state index >= 15 is 0 Å². The van der Waals surface area contributed by atoms with E-state index in [2.05, 4.69) is 78.4 Å². The summed E-state index contributed by atoms with van der Waals surface area (Å²) in [6, 6.07) is 4.43. The van der Waals surface area contributed by atoms with E-state index in [1.807, 2.05) is 13.8 Å². The third-order valence-electron chi connectivity index (χ3n) is 13.1. The van der Waals surface area contributed by atoms with Crippen LogP contribution in [0.15, 0.2) is 67.8 Å². The molecule has 0 bridgehead atoms. The van der Waals surface area contributed by atoms with E-state index < -0.39 is 59.1 Å². The van der Waals surface area contributed by atoms with Crippen LogP contribution in [0.2, 0.25) is 0 Å². The van der Waals surface area contributed by atoms with Crippen LogP contribution < -0.4 is 58.5 Å². The van der Waals surface area contributed by atoms with E-state index in [4.69, 9.17) is 0 Å². The Bertz CT molecular complexity index is 3770. The van der Waals surface area contributed by atoms with E-state index in [1.54, 1.807) is 70.0 Å².